The maximum atomic E-state index is 9.08. The summed E-state index contributed by atoms with van der Waals surface area (Å²) >= 11 is 6.23. The van der Waals surface area contributed by atoms with Crippen LogP contribution in [0.1, 0.15) is 5.56 Å². The Labute approximate surface area is 114 Å². The zero-order valence-corrected chi connectivity index (χ0v) is 11.7. The highest BCUT2D eigenvalue weighted by molar-refractivity contribution is 6.31. The van der Waals surface area contributed by atoms with E-state index in [2.05, 4.69) is 10.2 Å². The van der Waals surface area contributed by atoms with Crippen LogP contribution in [-0.4, -0.2) is 45.6 Å². The standard InChI is InChI=1S/C13H21ClN2O2/c1-15-10-11-3-4-12(9-13(11)14)16(5-7-17)6-8-18-2/h3-4,9,15,17H,5-8,10H2,1-2H3. The van der Waals surface area contributed by atoms with E-state index in [1.165, 1.54) is 0 Å². The van der Waals surface area contributed by atoms with Crippen molar-refractivity contribution in [3.63, 3.8) is 0 Å². The highest BCUT2D eigenvalue weighted by Gasteiger charge is 2.08. The van der Waals surface area contributed by atoms with E-state index in [-0.39, 0.29) is 6.61 Å². The minimum Gasteiger partial charge on any atom is -0.395 e. The van der Waals surface area contributed by atoms with Crippen molar-refractivity contribution < 1.29 is 9.84 Å². The first-order valence-corrected chi connectivity index (χ1v) is 6.38. The molecule has 102 valence electrons. The summed E-state index contributed by atoms with van der Waals surface area (Å²) in [6, 6.07) is 5.95. The number of hydrogen-bond acceptors (Lipinski definition) is 4. The molecule has 4 nitrogen and oxygen atoms in total. The van der Waals surface area contributed by atoms with Crippen molar-refractivity contribution in [2.24, 2.45) is 0 Å². The quantitative estimate of drug-likeness (QED) is 0.753. The van der Waals surface area contributed by atoms with Crippen LogP contribution in [0.2, 0.25) is 5.02 Å². The van der Waals surface area contributed by atoms with Crippen molar-refractivity contribution in [3.05, 3.63) is 28.8 Å². The monoisotopic (exact) mass is 272 g/mol. The molecule has 0 amide bonds. The van der Waals surface area contributed by atoms with Crippen molar-refractivity contribution >= 4 is 17.3 Å². The highest BCUT2D eigenvalue weighted by Crippen LogP contribution is 2.23. The zero-order valence-electron chi connectivity index (χ0n) is 10.9. The number of nitrogens with zero attached hydrogens (tertiary/aromatic N) is 1. The number of hydrogen-bond donors (Lipinski definition) is 2. The van der Waals surface area contributed by atoms with Crippen LogP contribution in [0.3, 0.4) is 0 Å². The van der Waals surface area contributed by atoms with Gasteiger partial charge in [0.1, 0.15) is 0 Å². The average Bonchev–Trinajstić information content (AvgIpc) is 2.37. The van der Waals surface area contributed by atoms with Crippen molar-refractivity contribution in [3.8, 4) is 0 Å². The molecule has 0 aliphatic carbocycles. The number of aliphatic hydroxyl groups excluding tert-OH is 1. The van der Waals surface area contributed by atoms with Crippen LogP contribution < -0.4 is 10.2 Å². The van der Waals surface area contributed by atoms with Gasteiger partial charge in [0, 0.05) is 37.5 Å². The molecule has 0 radical (unpaired) electrons. The van der Waals surface area contributed by atoms with E-state index in [1.54, 1.807) is 7.11 Å². The predicted molar refractivity (Wildman–Crippen MR) is 75.4 cm³/mol. The van der Waals surface area contributed by atoms with Crippen LogP contribution in [0.25, 0.3) is 0 Å². The molecule has 2 N–H and O–H groups in total. The lowest BCUT2D eigenvalue weighted by Gasteiger charge is -2.24. The first-order valence-electron chi connectivity index (χ1n) is 6.00. The lowest BCUT2D eigenvalue weighted by atomic mass is 10.2. The topological polar surface area (TPSA) is 44.7 Å². The maximum absolute atomic E-state index is 9.08. The van der Waals surface area contributed by atoms with Crippen molar-refractivity contribution in [2.45, 2.75) is 6.54 Å². The number of rotatable bonds is 8. The molecule has 5 heteroatoms. The van der Waals surface area contributed by atoms with E-state index in [1.807, 2.05) is 25.2 Å². The third-order valence-electron chi connectivity index (χ3n) is 2.70. The van der Waals surface area contributed by atoms with Crippen LogP contribution in [0.4, 0.5) is 5.69 Å². The first kappa shape index (κ1) is 15.2. The van der Waals surface area contributed by atoms with Crippen LogP contribution in [0.15, 0.2) is 18.2 Å². The fraction of sp³-hybridized carbons (Fsp3) is 0.538. The summed E-state index contributed by atoms with van der Waals surface area (Å²) in [5, 5.41) is 12.9. The minimum absolute atomic E-state index is 0.111. The van der Waals surface area contributed by atoms with Gasteiger partial charge in [0.15, 0.2) is 0 Å². The van der Waals surface area contributed by atoms with Crippen LogP contribution in [0.5, 0.6) is 0 Å². The Morgan fingerprint density at radius 1 is 1.39 bits per heavy atom. The van der Waals surface area contributed by atoms with E-state index in [4.69, 9.17) is 21.4 Å². The maximum Gasteiger partial charge on any atom is 0.0637 e. The predicted octanol–water partition coefficient (Wildman–Crippen LogP) is 1.50. The van der Waals surface area contributed by atoms with Crippen LogP contribution >= 0.6 is 11.6 Å². The van der Waals surface area contributed by atoms with Gasteiger partial charge in [0.25, 0.3) is 0 Å². The highest BCUT2D eigenvalue weighted by atomic mass is 35.5. The number of halogens is 1. The molecule has 0 saturated heterocycles. The van der Waals surface area contributed by atoms with Gasteiger partial charge in [-0.05, 0) is 24.7 Å². The van der Waals surface area contributed by atoms with Gasteiger partial charge in [-0.3, -0.25) is 0 Å². The Balaban J connectivity index is 2.81. The summed E-state index contributed by atoms with van der Waals surface area (Å²) in [6.07, 6.45) is 0. The summed E-state index contributed by atoms with van der Waals surface area (Å²) in [5.74, 6) is 0. The number of anilines is 1. The molecular formula is C13H21ClN2O2. The molecule has 0 unspecified atom stereocenters. The van der Waals surface area contributed by atoms with Gasteiger partial charge < -0.3 is 20.1 Å². The molecule has 0 aromatic heterocycles. The first-order chi connectivity index (χ1) is 8.72. The van der Waals surface area contributed by atoms with Gasteiger partial charge in [-0.25, -0.2) is 0 Å². The molecule has 0 heterocycles. The molecule has 0 saturated carbocycles. The molecule has 18 heavy (non-hydrogen) atoms. The summed E-state index contributed by atoms with van der Waals surface area (Å²) in [5.41, 5.74) is 2.07. The smallest absolute Gasteiger partial charge is 0.0637 e. The lowest BCUT2D eigenvalue weighted by molar-refractivity contribution is 0.203. The molecule has 0 bridgehead atoms. The van der Waals surface area contributed by atoms with E-state index < -0.39 is 0 Å². The fourth-order valence-corrected chi connectivity index (χ4v) is 2.00. The largest absolute Gasteiger partial charge is 0.395 e. The Kier molecular flexibility index (Phi) is 7.05. The van der Waals surface area contributed by atoms with Gasteiger partial charge in [-0.1, -0.05) is 17.7 Å². The van der Waals surface area contributed by atoms with Crippen molar-refractivity contribution in [1.29, 1.82) is 0 Å². The summed E-state index contributed by atoms with van der Waals surface area (Å²) < 4.78 is 5.07. The van der Waals surface area contributed by atoms with E-state index in [0.717, 1.165) is 29.4 Å². The minimum atomic E-state index is 0.111. The fourth-order valence-electron chi connectivity index (χ4n) is 1.76. The summed E-state index contributed by atoms with van der Waals surface area (Å²) in [4.78, 5) is 2.05. The number of methoxy groups -OCH3 is 1. The Morgan fingerprint density at radius 2 is 2.17 bits per heavy atom. The summed E-state index contributed by atoms with van der Waals surface area (Å²) in [7, 11) is 3.56. The number of benzene rings is 1. The van der Waals surface area contributed by atoms with Crippen molar-refractivity contribution in [2.75, 3.05) is 45.4 Å². The van der Waals surface area contributed by atoms with E-state index in [9.17, 15) is 0 Å². The summed E-state index contributed by atoms with van der Waals surface area (Å²) in [6.45, 7) is 2.79. The number of nitrogens with one attached hydrogen (secondary N) is 1. The molecule has 0 aliphatic rings. The molecule has 1 rings (SSSR count). The van der Waals surface area contributed by atoms with Crippen LogP contribution in [0, 0.1) is 0 Å². The second-order valence-corrected chi connectivity index (χ2v) is 4.42. The average molecular weight is 273 g/mol. The zero-order chi connectivity index (χ0) is 13.4. The third-order valence-corrected chi connectivity index (χ3v) is 3.06. The molecule has 0 aliphatic heterocycles. The molecule has 1 aromatic rings. The van der Waals surface area contributed by atoms with Gasteiger partial charge >= 0.3 is 0 Å². The molecule has 0 fully saturated rings. The Hall–Kier alpha value is -0.810. The van der Waals surface area contributed by atoms with Crippen LogP contribution in [-0.2, 0) is 11.3 Å². The van der Waals surface area contributed by atoms with E-state index in [0.29, 0.717) is 13.2 Å². The van der Waals surface area contributed by atoms with E-state index >= 15 is 0 Å². The number of aliphatic hydroxyl groups is 1. The normalized spacial score (nSPS) is 10.7. The van der Waals surface area contributed by atoms with Gasteiger partial charge in [0.2, 0.25) is 0 Å². The Morgan fingerprint density at radius 3 is 2.72 bits per heavy atom. The second kappa shape index (κ2) is 8.32. The lowest BCUT2D eigenvalue weighted by Crippen LogP contribution is -2.30. The SMILES string of the molecule is CNCc1ccc(N(CCO)CCOC)cc1Cl. The van der Waals surface area contributed by atoms with Gasteiger partial charge in [-0.15, -0.1) is 0 Å². The van der Waals surface area contributed by atoms with Gasteiger partial charge in [-0.2, -0.15) is 0 Å². The molecule has 0 atom stereocenters. The van der Waals surface area contributed by atoms with Gasteiger partial charge in [0.05, 0.1) is 13.2 Å². The third kappa shape index (κ3) is 4.46. The second-order valence-electron chi connectivity index (χ2n) is 4.01. The van der Waals surface area contributed by atoms with Crippen molar-refractivity contribution in [1.82, 2.24) is 5.32 Å². The molecule has 0 spiro atoms. The Bertz CT molecular complexity index is 361. The molecule has 1 aromatic carbocycles. The molecular weight excluding hydrogens is 252 g/mol. The number of ether oxygens (including phenoxy) is 1.